The Balaban J connectivity index is 1.71. The van der Waals surface area contributed by atoms with Crippen LogP contribution in [0.5, 0.6) is 11.5 Å². The predicted molar refractivity (Wildman–Crippen MR) is 98.5 cm³/mol. The maximum atomic E-state index is 12.4. The fourth-order valence-electron chi connectivity index (χ4n) is 3.28. The first-order valence-electron chi connectivity index (χ1n) is 8.93. The fraction of sp³-hybridized carbons (Fsp3) is 0.333. The van der Waals surface area contributed by atoms with Crippen LogP contribution < -0.4 is 10.2 Å². The normalized spacial score (nSPS) is 20.6. The third-order valence-corrected chi connectivity index (χ3v) is 4.88. The van der Waals surface area contributed by atoms with E-state index in [1.54, 1.807) is 12.4 Å². The van der Waals surface area contributed by atoms with Crippen LogP contribution in [0.15, 0.2) is 48.5 Å². The molecule has 1 amide bonds. The molecule has 2 unspecified atom stereocenters. The van der Waals surface area contributed by atoms with Crippen molar-refractivity contribution in [3.05, 3.63) is 59.7 Å². The first-order valence-corrected chi connectivity index (χ1v) is 8.93. The number of ether oxygens (including phenoxy) is 2. The lowest BCUT2D eigenvalue weighted by Crippen LogP contribution is -2.30. The van der Waals surface area contributed by atoms with E-state index in [-0.39, 0.29) is 6.61 Å². The zero-order valence-electron chi connectivity index (χ0n) is 15.4. The van der Waals surface area contributed by atoms with Crippen molar-refractivity contribution < 1.29 is 24.3 Å². The first kappa shape index (κ1) is 18.9. The molecule has 1 saturated carbocycles. The number of hydrogen-bond donors (Lipinski definition) is 2. The summed E-state index contributed by atoms with van der Waals surface area (Å²) in [5.41, 5.74) is 2.78. The number of carbonyl (C=O) groups excluding carboxylic acids is 2. The van der Waals surface area contributed by atoms with Gasteiger partial charge in [0, 0.05) is 0 Å². The Morgan fingerprint density at radius 2 is 1.70 bits per heavy atom. The van der Waals surface area contributed by atoms with Gasteiger partial charge in [0.1, 0.15) is 11.5 Å². The highest BCUT2D eigenvalue weighted by Gasteiger charge is 2.64. The van der Waals surface area contributed by atoms with Crippen molar-refractivity contribution in [3.63, 3.8) is 0 Å². The molecule has 6 heteroatoms. The third-order valence-electron chi connectivity index (χ3n) is 4.88. The van der Waals surface area contributed by atoms with Crippen LogP contribution in [-0.4, -0.2) is 23.7 Å². The van der Waals surface area contributed by atoms with Crippen molar-refractivity contribution in [1.82, 2.24) is 5.48 Å². The summed E-state index contributed by atoms with van der Waals surface area (Å²) in [5, 5.41) is 8.88. The molecule has 1 aliphatic rings. The molecule has 0 spiro atoms. The Kier molecular flexibility index (Phi) is 5.46. The van der Waals surface area contributed by atoms with Gasteiger partial charge < -0.3 is 9.47 Å². The molecule has 27 heavy (non-hydrogen) atoms. The second-order valence-electron chi connectivity index (χ2n) is 6.85. The lowest BCUT2D eigenvalue weighted by Gasteiger charge is -2.16. The van der Waals surface area contributed by atoms with Gasteiger partial charge in [-0.05, 0) is 56.5 Å². The van der Waals surface area contributed by atoms with Crippen LogP contribution in [-0.2, 0) is 20.7 Å². The smallest absolute Gasteiger partial charge is 0.313 e. The van der Waals surface area contributed by atoms with E-state index >= 15 is 0 Å². The van der Waals surface area contributed by atoms with E-state index in [0.29, 0.717) is 18.6 Å². The van der Waals surface area contributed by atoms with Gasteiger partial charge in [-0.2, -0.15) is 0 Å². The summed E-state index contributed by atoms with van der Waals surface area (Å²) in [6.07, 6.45) is 0.731. The second-order valence-corrected chi connectivity index (χ2v) is 6.85. The largest absolute Gasteiger partial charge is 0.466 e. The summed E-state index contributed by atoms with van der Waals surface area (Å²) >= 11 is 0. The van der Waals surface area contributed by atoms with Crippen LogP contribution in [0.4, 0.5) is 0 Å². The Hall–Kier alpha value is -2.86. The number of nitrogens with one attached hydrogen (secondary N) is 1. The molecule has 1 fully saturated rings. The van der Waals surface area contributed by atoms with Gasteiger partial charge in [-0.3, -0.25) is 14.8 Å². The maximum Gasteiger partial charge on any atom is 0.313 e. The van der Waals surface area contributed by atoms with Gasteiger partial charge in [-0.25, -0.2) is 5.48 Å². The molecule has 0 saturated heterocycles. The van der Waals surface area contributed by atoms with Crippen molar-refractivity contribution in [1.29, 1.82) is 0 Å². The zero-order valence-corrected chi connectivity index (χ0v) is 15.4. The number of carbonyl (C=O) groups is 2. The summed E-state index contributed by atoms with van der Waals surface area (Å²) in [6.45, 7) is 3.99. The quantitative estimate of drug-likeness (QED) is 0.444. The minimum atomic E-state index is -0.915. The van der Waals surface area contributed by atoms with Gasteiger partial charge in [0.25, 0.3) is 0 Å². The van der Waals surface area contributed by atoms with Gasteiger partial charge in [0.15, 0.2) is 0 Å². The summed E-state index contributed by atoms with van der Waals surface area (Å²) in [7, 11) is 0. The first-order chi connectivity index (χ1) is 13.0. The van der Waals surface area contributed by atoms with E-state index in [0.717, 1.165) is 16.9 Å². The van der Waals surface area contributed by atoms with Crippen molar-refractivity contribution in [2.24, 2.45) is 11.3 Å². The molecule has 0 heterocycles. The molecule has 2 N–H and O–H groups in total. The Morgan fingerprint density at radius 1 is 1.11 bits per heavy atom. The van der Waals surface area contributed by atoms with Gasteiger partial charge in [-0.15, -0.1) is 0 Å². The summed E-state index contributed by atoms with van der Waals surface area (Å²) in [4.78, 5) is 24.2. The van der Waals surface area contributed by atoms with Crippen molar-refractivity contribution in [3.8, 4) is 11.5 Å². The van der Waals surface area contributed by atoms with Crippen LogP contribution in [0.3, 0.4) is 0 Å². The fourth-order valence-corrected chi connectivity index (χ4v) is 3.28. The molecule has 6 nitrogen and oxygen atoms in total. The van der Waals surface area contributed by atoms with Gasteiger partial charge >= 0.3 is 5.97 Å². The number of benzene rings is 2. The molecule has 142 valence electrons. The molecule has 3 rings (SSSR count). The maximum absolute atomic E-state index is 12.4. The Morgan fingerprint density at radius 3 is 2.26 bits per heavy atom. The van der Waals surface area contributed by atoms with Gasteiger partial charge in [0.2, 0.25) is 5.91 Å². The molecule has 2 atom stereocenters. The van der Waals surface area contributed by atoms with E-state index < -0.39 is 23.2 Å². The highest BCUT2D eigenvalue weighted by Crippen LogP contribution is 2.56. The number of amides is 1. The molecule has 0 aliphatic heterocycles. The van der Waals surface area contributed by atoms with E-state index in [1.807, 2.05) is 55.5 Å². The SMILES string of the molecule is CCOC(=O)C1(Cc2ccc(Oc3ccc(C)cc3)cc2)CC1C(=O)NO. The van der Waals surface area contributed by atoms with Crippen LogP contribution in [0, 0.1) is 18.3 Å². The molecule has 0 bridgehead atoms. The minimum absolute atomic E-state index is 0.247. The van der Waals surface area contributed by atoms with E-state index in [2.05, 4.69) is 0 Å². The van der Waals surface area contributed by atoms with Crippen LogP contribution in [0.2, 0.25) is 0 Å². The average Bonchev–Trinajstić information content (AvgIpc) is 3.40. The number of hydrogen-bond acceptors (Lipinski definition) is 5. The molecule has 0 radical (unpaired) electrons. The van der Waals surface area contributed by atoms with Gasteiger partial charge in [0.05, 0.1) is 17.9 Å². The van der Waals surface area contributed by atoms with Crippen molar-refractivity contribution in [2.75, 3.05) is 6.61 Å². The zero-order chi connectivity index (χ0) is 19.4. The topological polar surface area (TPSA) is 84.9 Å². The van der Waals surface area contributed by atoms with Crippen LogP contribution in [0.25, 0.3) is 0 Å². The van der Waals surface area contributed by atoms with Crippen LogP contribution >= 0.6 is 0 Å². The number of esters is 1. The average molecular weight is 369 g/mol. The van der Waals surface area contributed by atoms with Crippen molar-refractivity contribution >= 4 is 11.9 Å². The van der Waals surface area contributed by atoms with Gasteiger partial charge in [-0.1, -0.05) is 29.8 Å². The lowest BCUT2D eigenvalue weighted by molar-refractivity contribution is -0.152. The molecular weight excluding hydrogens is 346 g/mol. The standard InChI is InChI=1S/C21H23NO5/c1-3-26-20(24)21(13-18(21)19(23)22-25)12-15-6-10-17(11-7-15)27-16-8-4-14(2)5-9-16/h4-11,18,25H,3,12-13H2,1-2H3,(H,22,23). The number of aryl methyl sites for hydroxylation is 1. The Labute approximate surface area is 158 Å². The number of hydroxylamine groups is 1. The van der Waals surface area contributed by atoms with Crippen LogP contribution in [0.1, 0.15) is 24.5 Å². The van der Waals surface area contributed by atoms with E-state index in [1.165, 1.54) is 0 Å². The summed E-state index contributed by atoms with van der Waals surface area (Å²) in [5.74, 6) is -0.0996. The summed E-state index contributed by atoms with van der Waals surface area (Å²) < 4.78 is 11.0. The molecule has 2 aromatic carbocycles. The molecule has 1 aliphatic carbocycles. The molecular formula is C21H23NO5. The second kappa shape index (κ2) is 7.80. The highest BCUT2D eigenvalue weighted by atomic mass is 16.5. The Bertz CT molecular complexity index is 815. The predicted octanol–water partition coefficient (Wildman–Crippen LogP) is 3.40. The van der Waals surface area contributed by atoms with E-state index in [9.17, 15) is 9.59 Å². The van der Waals surface area contributed by atoms with Crippen molar-refractivity contribution in [2.45, 2.75) is 26.7 Å². The monoisotopic (exact) mass is 369 g/mol. The lowest BCUT2D eigenvalue weighted by atomic mass is 9.93. The molecule has 0 aromatic heterocycles. The molecule has 2 aromatic rings. The summed E-state index contributed by atoms with van der Waals surface area (Å²) in [6, 6.07) is 15.2. The third kappa shape index (κ3) is 4.11. The highest BCUT2D eigenvalue weighted by molar-refractivity contribution is 5.93. The van der Waals surface area contributed by atoms with E-state index in [4.69, 9.17) is 14.7 Å². The number of rotatable bonds is 7. The minimum Gasteiger partial charge on any atom is -0.466 e.